The van der Waals surface area contributed by atoms with Crippen LogP contribution in [0.5, 0.6) is 5.75 Å². The van der Waals surface area contributed by atoms with Gasteiger partial charge in [-0.25, -0.2) is 9.78 Å². The second-order valence-corrected chi connectivity index (χ2v) is 5.69. The molecular formula is C16H16N2O3S. The third kappa shape index (κ3) is 2.35. The molecule has 5 nitrogen and oxygen atoms in total. The molecule has 0 aliphatic carbocycles. The van der Waals surface area contributed by atoms with Crippen LogP contribution in [0.15, 0.2) is 30.5 Å². The Morgan fingerprint density at radius 2 is 2.14 bits per heavy atom. The van der Waals surface area contributed by atoms with Gasteiger partial charge in [0, 0.05) is 17.5 Å². The number of ether oxygens (including phenoxy) is 2. The molecule has 0 unspecified atom stereocenters. The Morgan fingerprint density at radius 3 is 2.82 bits per heavy atom. The van der Waals surface area contributed by atoms with Gasteiger partial charge < -0.3 is 9.47 Å². The van der Waals surface area contributed by atoms with Crippen LogP contribution >= 0.6 is 11.3 Å². The summed E-state index contributed by atoms with van der Waals surface area (Å²) in [6.07, 6.45) is 1.92. The van der Waals surface area contributed by atoms with E-state index in [9.17, 15) is 4.79 Å². The zero-order valence-electron chi connectivity index (χ0n) is 12.6. The van der Waals surface area contributed by atoms with Crippen LogP contribution in [0.3, 0.4) is 0 Å². The Bertz CT molecular complexity index is 835. The molecule has 6 heteroatoms. The molecule has 3 aromatic rings. The van der Waals surface area contributed by atoms with E-state index >= 15 is 0 Å². The predicted molar refractivity (Wildman–Crippen MR) is 85.8 cm³/mol. The topological polar surface area (TPSA) is 52.8 Å². The number of carbonyl (C=O) groups is 1. The number of thiazole rings is 1. The SMILES string of the molecule is CCOC(=O)c1sc2nc(-c3ccccc3OC)cn2c1C. The van der Waals surface area contributed by atoms with Crippen molar-refractivity contribution in [3.05, 3.63) is 41.0 Å². The summed E-state index contributed by atoms with van der Waals surface area (Å²) in [7, 11) is 1.64. The lowest BCUT2D eigenvalue weighted by atomic mass is 10.1. The van der Waals surface area contributed by atoms with Crippen molar-refractivity contribution < 1.29 is 14.3 Å². The van der Waals surface area contributed by atoms with Crippen molar-refractivity contribution in [1.82, 2.24) is 9.38 Å². The Labute approximate surface area is 132 Å². The maximum absolute atomic E-state index is 11.9. The highest BCUT2D eigenvalue weighted by Crippen LogP contribution is 2.32. The standard InChI is InChI=1S/C16H16N2O3S/c1-4-21-15(19)14-10(2)18-9-12(17-16(18)22-14)11-7-5-6-8-13(11)20-3/h5-9H,4H2,1-3H3. The van der Waals surface area contributed by atoms with Gasteiger partial charge in [0.15, 0.2) is 4.96 Å². The molecule has 0 radical (unpaired) electrons. The second-order valence-electron chi connectivity index (χ2n) is 4.72. The fourth-order valence-electron chi connectivity index (χ4n) is 2.32. The highest BCUT2D eigenvalue weighted by atomic mass is 32.1. The fourth-order valence-corrected chi connectivity index (χ4v) is 3.33. The Kier molecular flexibility index (Phi) is 3.85. The largest absolute Gasteiger partial charge is 0.496 e. The van der Waals surface area contributed by atoms with E-state index in [1.807, 2.05) is 41.8 Å². The minimum atomic E-state index is -0.297. The highest BCUT2D eigenvalue weighted by Gasteiger charge is 2.19. The smallest absolute Gasteiger partial charge is 0.350 e. The van der Waals surface area contributed by atoms with Crippen LogP contribution in [0.2, 0.25) is 0 Å². The maximum Gasteiger partial charge on any atom is 0.350 e. The van der Waals surface area contributed by atoms with Crippen LogP contribution in [-0.2, 0) is 4.74 Å². The first-order valence-electron chi connectivity index (χ1n) is 6.94. The molecule has 22 heavy (non-hydrogen) atoms. The molecule has 114 valence electrons. The van der Waals surface area contributed by atoms with Gasteiger partial charge in [-0.3, -0.25) is 4.40 Å². The Morgan fingerprint density at radius 1 is 1.36 bits per heavy atom. The summed E-state index contributed by atoms with van der Waals surface area (Å²) in [5.41, 5.74) is 2.59. The van der Waals surface area contributed by atoms with E-state index in [1.165, 1.54) is 11.3 Å². The van der Waals surface area contributed by atoms with Crippen LogP contribution in [0.4, 0.5) is 0 Å². The van der Waals surface area contributed by atoms with Crippen molar-refractivity contribution in [2.24, 2.45) is 0 Å². The first kappa shape index (κ1) is 14.6. The van der Waals surface area contributed by atoms with Crippen LogP contribution in [0, 0.1) is 6.92 Å². The number of hydrogen-bond acceptors (Lipinski definition) is 5. The molecule has 0 saturated carbocycles. The molecule has 0 fully saturated rings. The van der Waals surface area contributed by atoms with E-state index in [2.05, 4.69) is 4.98 Å². The molecular weight excluding hydrogens is 300 g/mol. The summed E-state index contributed by atoms with van der Waals surface area (Å²) in [6.45, 7) is 4.06. The summed E-state index contributed by atoms with van der Waals surface area (Å²) in [5, 5.41) is 0. The van der Waals surface area contributed by atoms with Gasteiger partial charge in [0.2, 0.25) is 0 Å². The number of carbonyl (C=O) groups excluding carboxylic acids is 1. The quantitative estimate of drug-likeness (QED) is 0.691. The van der Waals surface area contributed by atoms with Gasteiger partial charge in [0.25, 0.3) is 0 Å². The lowest BCUT2D eigenvalue weighted by molar-refractivity contribution is 0.0531. The van der Waals surface area contributed by atoms with E-state index in [4.69, 9.17) is 9.47 Å². The van der Waals surface area contributed by atoms with Crippen LogP contribution in [0.1, 0.15) is 22.3 Å². The van der Waals surface area contributed by atoms with Crippen molar-refractivity contribution in [2.45, 2.75) is 13.8 Å². The second kappa shape index (κ2) is 5.81. The molecule has 0 spiro atoms. The molecule has 1 aromatic carbocycles. The maximum atomic E-state index is 11.9. The summed E-state index contributed by atoms with van der Waals surface area (Å²) < 4.78 is 12.4. The lowest BCUT2D eigenvalue weighted by Gasteiger charge is -2.04. The molecule has 2 aromatic heterocycles. The number of fused-ring (bicyclic) bond motifs is 1. The number of imidazole rings is 1. The average molecular weight is 316 g/mol. The number of aryl methyl sites for hydroxylation is 1. The van der Waals surface area contributed by atoms with Crippen molar-refractivity contribution in [3.8, 4) is 17.0 Å². The number of methoxy groups -OCH3 is 1. The normalized spacial score (nSPS) is 10.9. The monoisotopic (exact) mass is 316 g/mol. The molecule has 2 heterocycles. The minimum Gasteiger partial charge on any atom is -0.496 e. The van der Waals surface area contributed by atoms with Gasteiger partial charge in [-0.1, -0.05) is 23.5 Å². The van der Waals surface area contributed by atoms with Gasteiger partial charge in [-0.05, 0) is 26.0 Å². The molecule has 0 saturated heterocycles. The van der Waals surface area contributed by atoms with Crippen molar-refractivity contribution in [1.29, 1.82) is 0 Å². The van der Waals surface area contributed by atoms with Crippen LogP contribution in [0.25, 0.3) is 16.2 Å². The predicted octanol–water partition coefficient (Wildman–Crippen LogP) is 3.56. The van der Waals surface area contributed by atoms with Crippen molar-refractivity contribution in [2.75, 3.05) is 13.7 Å². The number of nitrogens with zero attached hydrogens (tertiary/aromatic N) is 2. The van der Waals surface area contributed by atoms with Gasteiger partial charge in [-0.2, -0.15) is 0 Å². The number of aromatic nitrogens is 2. The van der Waals surface area contributed by atoms with Gasteiger partial charge in [-0.15, -0.1) is 0 Å². The van der Waals surface area contributed by atoms with Gasteiger partial charge in [0.1, 0.15) is 10.6 Å². The molecule has 0 bridgehead atoms. The lowest BCUT2D eigenvalue weighted by Crippen LogP contribution is -2.04. The van der Waals surface area contributed by atoms with Crippen LogP contribution < -0.4 is 4.74 Å². The Balaban J connectivity index is 2.07. The Hall–Kier alpha value is -2.34. The zero-order chi connectivity index (χ0) is 15.7. The van der Waals surface area contributed by atoms with E-state index in [0.29, 0.717) is 11.5 Å². The average Bonchev–Trinajstić information content (AvgIpc) is 3.07. The number of hydrogen-bond donors (Lipinski definition) is 0. The first-order chi connectivity index (χ1) is 10.7. The zero-order valence-corrected chi connectivity index (χ0v) is 13.4. The molecule has 0 atom stereocenters. The van der Waals surface area contributed by atoms with Gasteiger partial charge >= 0.3 is 5.97 Å². The molecule has 3 rings (SSSR count). The molecule has 0 aliphatic rings. The van der Waals surface area contributed by atoms with E-state index in [-0.39, 0.29) is 5.97 Å². The number of para-hydroxylation sites is 1. The van der Waals surface area contributed by atoms with Crippen molar-refractivity contribution in [3.63, 3.8) is 0 Å². The van der Waals surface area contributed by atoms with Crippen molar-refractivity contribution >= 4 is 22.3 Å². The van der Waals surface area contributed by atoms with E-state index in [0.717, 1.165) is 27.7 Å². The molecule has 0 N–H and O–H groups in total. The summed E-state index contributed by atoms with van der Waals surface area (Å²) >= 11 is 1.34. The van der Waals surface area contributed by atoms with E-state index < -0.39 is 0 Å². The minimum absolute atomic E-state index is 0.297. The highest BCUT2D eigenvalue weighted by molar-refractivity contribution is 7.19. The molecule has 0 aliphatic heterocycles. The molecule has 0 amide bonds. The number of esters is 1. The summed E-state index contributed by atoms with van der Waals surface area (Å²) in [6, 6.07) is 7.74. The summed E-state index contributed by atoms with van der Waals surface area (Å²) in [5.74, 6) is 0.478. The van der Waals surface area contributed by atoms with Crippen LogP contribution in [-0.4, -0.2) is 29.1 Å². The third-order valence-corrected chi connectivity index (χ3v) is 4.54. The fraction of sp³-hybridized carbons (Fsp3) is 0.250. The van der Waals surface area contributed by atoms with Gasteiger partial charge in [0.05, 0.1) is 19.4 Å². The van der Waals surface area contributed by atoms with E-state index in [1.54, 1.807) is 14.0 Å². The number of benzene rings is 1. The third-order valence-electron chi connectivity index (χ3n) is 3.40. The number of rotatable bonds is 4. The first-order valence-corrected chi connectivity index (χ1v) is 7.76. The summed E-state index contributed by atoms with van der Waals surface area (Å²) in [4.78, 5) is 17.9.